The Morgan fingerprint density at radius 2 is 1.45 bits per heavy atom. The zero-order chi connectivity index (χ0) is 21.4. The highest BCUT2D eigenvalue weighted by molar-refractivity contribution is 6.04. The summed E-state index contributed by atoms with van der Waals surface area (Å²) in [6.45, 7) is 0.998. The van der Waals surface area contributed by atoms with Crippen molar-refractivity contribution in [2.75, 3.05) is 6.54 Å². The molecule has 1 aromatic heterocycles. The van der Waals surface area contributed by atoms with Gasteiger partial charge in [-0.15, -0.1) is 0 Å². The van der Waals surface area contributed by atoms with Gasteiger partial charge in [0.25, 0.3) is 0 Å². The monoisotopic (exact) mass is 416 g/mol. The van der Waals surface area contributed by atoms with E-state index in [0.717, 1.165) is 18.0 Å². The maximum Gasteiger partial charge on any atom is 0.177 e. The maximum atomic E-state index is 5.63. The number of benzene rings is 1. The van der Waals surface area contributed by atoms with Crippen LogP contribution in [0.25, 0.3) is 10.9 Å². The molecule has 1 aromatic carbocycles. The lowest BCUT2D eigenvalue weighted by molar-refractivity contribution is 0.171. The van der Waals surface area contributed by atoms with Crippen molar-refractivity contribution >= 4 is 18.9 Å². The van der Waals surface area contributed by atoms with Gasteiger partial charge in [0.1, 0.15) is 0 Å². The Balaban J connectivity index is 1.39. The molecule has 0 bridgehead atoms. The first-order valence-corrected chi connectivity index (χ1v) is 13.1. The number of pyridine rings is 1. The average molecular weight is 416 g/mol. The minimum atomic E-state index is 0.626. The third-order valence-electron chi connectivity index (χ3n) is 8.44. The largest absolute Gasteiger partial charge is 0.366 e. The van der Waals surface area contributed by atoms with Crippen molar-refractivity contribution in [3.63, 3.8) is 0 Å². The number of nitrogens with one attached hydrogen (secondary N) is 1. The van der Waals surface area contributed by atoms with Crippen molar-refractivity contribution in [3.8, 4) is 0 Å². The molecule has 0 saturated heterocycles. The van der Waals surface area contributed by atoms with Gasteiger partial charge in [-0.05, 0) is 92.9 Å². The van der Waals surface area contributed by atoms with Crippen LogP contribution in [0, 0.1) is 11.3 Å². The summed E-state index contributed by atoms with van der Waals surface area (Å²) in [6.07, 6.45) is 23.1. The van der Waals surface area contributed by atoms with E-state index >= 15 is 0 Å². The Morgan fingerprint density at radius 1 is 0.806 bits per heavy atom. The van der Waals surface area contributed by atoms with Crippen LogP contribution < -0.4 is 5.23 Å². The number of hydrogen-bond donors (Lipinski definition) is 1. The maximum absolute atomic E-state index is 5.63. The van der Waals surface area contributed by atoms with Crippen LogP contribution in [-0.4, -0.2) is 19.5 Å². The summed E-state index contributed by atoms with van der Waals surface area (Å²) in [4.78, 5) is 4.60. The molecule has 2 aliphatic carbocycles. The summed E-state index contributed by atoms with van der Waals surface area (Å²) in [5.74, 6) is 1.49. The molecular weight excluding hydrogens is 375 g/mol. The molecule has 2 radical (unpaired) electrons. The fraction of sp³-hybridized carbons (Fsp3) is 0.679. The van der Waals surface area contributed by atoms with E-state index in [1.165, 1.54) is 102 Å². The number of rotatable bonds is 3. The van der Waals surface area contributed by atoms with Crippen LogP contribution in [0.1, 0.15) is 108 Å². The Kier molecular flexibility index (Phi) is 8.47. The SMILES string of the molecule is [B]NCC1CCCCC2(CCCCC(c3ccnc4ccccc34)CCCC2)CCC1. The first-order valence-electron chi connectivity index (χ1n) is 13.1. The van der Waals surface area contributed by atoms with Crippen molar-refractivity contribution in [1.82, 2.24) is 10.2 Å². The summed E-state index contributed by atoms with van der Waals surface area (Å²) in [5, 5.41) is 4.31. The zero-order valence-electron chi connectivity index (χ0n) is 19.5. The molecule has 1 unspecified atom stereocenters. The predicted molar refractivity (Wildman–Crippen MR) is 133 cm³/mol. The quantitative estimate of drug-likeness (QED) is 0.525. The van der Waals surface area contributed by atoms with E-state index in [1.54, 1.807) is 5.56 Å². The van der Waals surface area contributed by atoms with E-state index < -0.39 is 0 Å². The minimum absolute atomic E-state index is 0.626. The van der Waals surface area contributed by atoms with Crippen LogP contribution >= 0.6 is 0 Å². The molecule has 31 heavy (non-hydrogen) atoms. The highest BCUT2D eigenvalue weighted by Crippen LogP contribution is 2.45. The van der Waals surface area contributed by atoms with Gasteiger partial charge in [0.05, 0.1) is 5.52 Å². The van der Waals surface area contributed by atoms with Crippen LogP contribution in [0.4, 0.5) is 0 Å². The lowest BCUT2D eigenvalue weighted by Gasteiger charge is -2.36. The van der Waals surface area contributed by atoms with Gasteiger partial charge in [-0.3, -0.25) is 4.98 Å². The van der Waals surface area contributed by atoms with E-state index in [0.29, 0.717) is 11.3 Å². The summed E-state index contributed by atoms with van der Waals surface area (Å²) in [7, 11) is 5.63. The molecule has 0 amide bonds. The number of para-hydroxylation sites is 1. The van der Waals surface area contributed by atoms with Gasteiger partial charge in [-0.25, -0.2) is 0 Å². The second kappa shape index (κ2) is 11.5. The highest BCUT2D eigenvalue weighted by atomic mass is 14.7. The normalized spacial score (nSPS) is 29.2. The molecule has 2 nitrogen and oxygen atoms in total. The molecule has 1 heterocycles. The van der Waals surface area contributed by atoms with Gasteiger partial charge in [0, 0.05) is 11.6 Å². The van der Waals surface area contributed by atoms with Crippen molar-refractivity contribution in [3.05, 3.63) is 42.1 Å². The first kappa shape index (κ1) is 22.8. The van der Waals surface area contributed by atoms with Crippen LogP contribution in [0.3, 0.4) is 0 Å². The lowest BCUT2D eigenvalue weighted by Crippen LogP contribution is -2.22. The van der Waals surface area contributed by atoms with Gasteiger partial charge in [0.2, 0.25) is 0 Å². The van der Waals surface area contributed by atoms with E-state index in [4.69, 9.17) is 7.98 Å². The van der Waals surface area contributed by atoms with E-state index in [2.05, 4.69) is 40.5 Å². The Labute approximate surface area is 191 Å². The van der Waals surface area contributed by atoms with Gasteiger partial charge >= 0.3 is 0 Å². The third kappa shape index (κ3) is 6.12. The molecule has 2 fully saturated rings. The van der Waals surface area contributed by atoms with Gasteiger partial charge in [-0.2, -0.15) is 0 Å². The summed E-state index contributed by atoms with van der Waals surface area (Å²) in [5.41, 5.74) is 3.33. The second-order valence-electron chi connectivity index (χ2n) is 10.5. The Hall–Kier alpha value is -1.35. The molecule has 2 aliphatic rings. The molecule has 3 heteroatoms. The van der Waals surface area contributed by atoms with Crippen LogP contribution in [-0.2, 0) is 0 Å². The van der Waals surface area contributed by atoms with Crippen molar-refractivity contribution in [1.29, 1.82) is 0 Å². The fourth-order valence-corrected chi connectivity index (χ4v) is 6.67. The summed E-state index contributed by atoms with van der Waals surface area (Å²) >= 11 is 0. The van der Waals surface area contributed by atoms with E-state index in [1.807, 2.05) is 6.20 Å². The lowest BCUT2D eigenvalue weighted by atomic mass is 9.70. The van der Waals surface area contributed by atoms with E-state index in [9.17, 15) is 0 Å². The molecule has 0 aliphatic heterocycles. The molecule has 166 valence electrons. The predicted octanol–water partition coefficient (Wildman–Crippen LogP) is 7.47. The smallest absolute Gasteiger partial charge is 0.177 e. The first-order chi connectivity index (χ1) is 15.3. The average Bonchev–Trinajstić information content (AvgIpc) is 2.89. The number of hydrogen-bond acceptors (Lipinski definition) is 2. The van der Waals surface area contributed by atoms with Crippen molar-refractivity contribution < 1.29 is 0 Å². The Bertz CT molecular complexity index is 787. The zero-order valence-corrected chi connectivity index (χ0v) is 19.5. The number of nitrogens with zero attached hydrogens (tertiary/aromatic N) is 1. The second-order valence-corrected chi connectivity index (χ2v) is 10.5. The number of fused-ring (bicyclic) bond motifs is 1. The van der Waals surface area contributed by atoms with Gasteiger partial charge in [0.15, 0.2) is 7.98 Å². The molecule has 1 atom stereocenters. The standard InChI is InChI=1S/C28H41BN2/c29-31-22-23-10-3-6-17-28(20-9-11-23)18-7-4-12-24(13-5-8-19-28)25-16-21-30-27-15-2-1-14-26(25)27/h1-2,14-16,21,23-24,31H,3-13,17-20,22H2. The minimum Gasteiger partial charge on any atom is -0.366 e. The molecule has 2 saturated carbocycles. The van der Waals surface area contributed by atoms with Crippen LogP contribution in [0.2, 0.25) is 0 Å². The Morgan fingerprint density at radius 3 is 2.19 bits per heavy atom. The van der Waals surface area contributed by atoms with Crippen LogP contribution in [0.5, 0.6) is 0 Å². The van der Waals surface area contributed by atoms with Gasteiger partial charge in [-0.1, -0.05) is 63.1 Å². The van der Waals surface area contributed by atoms with Crippen molar-refractivity contribution in [2.24, 2.45) is 11.3 Å². The summed E-state index contributed by atoms with van der Waals surface area (Å²) < 4.78 is 0. The fourth-order valence-electron chi connectivity index (χ4n) is 6.67. The van der Waals surface area contributed by atoms with Crippen molar-refractivity contribution in [2.45, 2.75) is 102 Å². The molecule has 1 N–H and O–H groups in total. The topological polar surface area (TPSA) is 24.9 Å². The third-order valence-corrected chi connectivity index (χ3v) is 8.44. The van der Waals surface area contributed by atoms with Crippen LogP contribution in [0.15, 0.2) is 36.5 Å². The molecule has 1 spiro atoms. The highest BCUT2D eigenvalue weighted by Gasteiger charge is 2.30. The summed E-state index contributed by atoms with van der Waals surface area (Å²) in [6, 6.07) is 11.0. The van der Waals surface area contributed by atoms with Gasteiger partial charge < -0.3 is 5.23 Å². The molecule has 4 rings (SSSR count). The molecule has 2 aromatic rings. The van der Waals surface area contributed by atoms with E-state index in [-0.39, 0.29) is 0 Å². The molecular formula is C28H41BN2. The number of aromatic nitrogens is 1.